The van der Waals surface area contributed by atoms with Gasteiger partial charge >= 0.3 is 0 Å². The summed E-state index contributed by atoms with van der Waals surface area (Å²) >= 11 is 0. The lowest BCUT2D eigenvalue weighted by molar-refractivity contribution is 0.713. The maximum atomic E-state index is 4.60. The van der Waals surface area contributed by atoms with Crippen LogP contribution in [0, 0.1) is 0 Å². The van der Waals surface area contributed by atoms with Crippen LogP contribution in [0.5, 0.6) is 0 Å². The number of anilines is 1. The van der Waals surface area contributed by atoms with Gasteiger partial charge in [0, 0.05) is 31.0 Å². The molecule has 0 unspecified atom stereocenters. The van der Waals surface area contributed by atoms with Crippen molar-refractivity contribution in [2.24, 2.45) is 7.05 Å². The lowest BCUT2D eigenvalue weighted by Gasteiger charge is -2.18. The third-order valence-electron chi connectivity index (χ3n) is 3.76. The predicted molar refractivity (Wildman–Crippen MR) is 79.5 cm³/mol. The van der Waals surface area contributed by atoms with E-state index in [0.717, 1.165) is 6.54 Å². The fourth-order valence-corrected chi connectivity index (χ4v) is 2.80. The molecule has 3 nitrogen and oxygen atoms in total. The van der Waals surface area contributed by atoms with Crippen LogP contribution >= 0.6 is 0 Å². The summed E-state index contributed by atoms with van der Waals surface area (Å²) in [7, 11) is 2.00. The quantitative estimate of drug-likeness (QED) is 0.889. The van der Waals surface area contributed by atoms with Gasteiger partial charge in [-0.15, -0.1) is 0 Å². The van der Waals surface area contributed by atoms with Gasteiger partial charge in [-0.2, -0.15) is 5.10 Å². The van der Waals surface area contributed by atoms with Gasteiger partial charge in [0.05, 0.1) is 5.69 Å². The summed E-state index contributed by atoms with van der Waals surface area (Å²) in [5.41, 5.74) is 6.48. The van der Waals surface area contributed by atoms with E-state index < -0.39 is 0 Å². The van der Waals surface area contributed by atoms with E-state index in [0.29, 0.717) is 5.92 Å². The zero-order chi connectivity index (χ0) is 13.4. The lowest BCUT2D eigenvalue weighted by atomic mass is 9.95. The van der Waals surface area contributed by atoms with E-state index in [4.69, 9.17) is 0 Å². The molecular weight excluding hydrogens is 234 g/mol. The van der Waals surface area contributed by atoms with Gasteiger partial charge in [-0.3, -0.25) is 4.68 Å². The van der Waals surface area contributed by atoms with Crippen molar-refractivity contribution in [3.05, 3.63) is 35.7 Å². The van der Waals surface area contributed by atoms with Crippen LogP contribution < -0.4 is 5.32 Å². The zero-order valence-electron chi connectivity index (χ0n) is 11.9. The summed E-state index contributed by atoms with van der Waals surface area (Å²) in [6.07, 6.45) is 4.53. The van der Waals surface area contributed by atoms with Crippen LogP contribution in [-0.4, -0.2) is 16.3 Å². The van der Waals surface area contributed by atoms with Gasteiger partial charge in [-0.25, -0.2) is 0 Å². The normalized spacial score (nSPS) is 14.3. The van der Waals surface area contributed by atoms with Gasteiger partial charge in [-0.1, -0.05) is 19.9 Å². The van der Waals surface area contributed by atoms with Crippen LogP contribution in [0.4, 0.5) is 5.69 Å². The largest absolute Gasteiger partial charge is 0.385 e. The van der Waals surface area contributed by atoms with E-state index in [1.54, 1.807) is 0 Å². The van der Waals surface area contributed by atoms with Crippen LogP contribution in [0.25, 0.3) is 11.1 Å². The van der Waals surface area contributed by atoms with E-state index in [2.05, 4.69) is 48.7 Å². The predicted octanol–water partition coefficient (Wildman–Crippen LogP) is 3.57. The monoisotopic (exact) mass is 255 g/mol. The van der Waals surface area contributed by atoms with E-state index in [-0.39, 0.29) is 0 Å². The Bertz CT molecular complexity index is 596. The molecule has 0 amide bonds. The van der Waals surface area contributed by atoms with Crippen LogP contribution in [0.15, 0.2) is 24.4 Å². The van der Waals surface area contributed by atoms with Crippen LogP contribution in [0.1, 0.15) is 37.4 Å². The van der Waals surface area contributed by atoms with Crippen molar-refractivity contribution in [1.82, 2.24) is 9.78 Å². The Hall–Kier alpha value is -1.77. The number of rotatable bonds is 2. The Kier molecular flexibility index (Phi) is 3.05. The van der Waals surface area contributed by atoms with E-state index in [1.807, 2.05) is 11.7 Å². The fourth-order valence-electron chi connectivity index (χ4n) is 2.80. The molecule has 1 aromatic carbocycles. The third kappa shape index (κ3) is 2.25. The van der Waals surface area contributed by atoms with Crippen molar-refractivity contribution >= 4 is 5.69 Å². The smallest absolute Gasteiger partial charge is 0.0728 e. The molecule has 2 aromatic rings. The van der Waals surface area contributed by atoms with E-state index in [1.165, 1.54) is 40.9 Å². The SMILES string of the molecule is CC(C)c1nn(C)cc1-c1ccc2c(c1)CCCN2. The first-order valence-corrected chi connectivity index (χ1v) is 7.06. The summed E-state index contributed by atoms with van der Waals surface area (Å²) in [5, 5.41) is 8.06. The number of aromatic nitrogens is 2. The first kappa shape index (κ1) is 12.3. The molecule has 0 atom stereocenters. The maximum Gasteiger partial charge on any atom is 0.0728 e. The van der Waals surface area contributed by atoms with Crippen molar-refractivity contribution in [2.45, 2.75) is 32.6 Å². The molecule has 19 heavy (non-hydrogen) atoms. The number of nitrogens with zero attached hydrogens (tertiary/aromatic N) is 2. The molecule has 3 rings (SSSR count). The Morgan fingerprint density at radius 2 is 2.16 bits per heavy atom. The lowest BCUT2D eigenvalue weighted by Crippen LogP contribution is -2.11. The van der Waals surface area contributed by atoms with E-state index >= 15 is 0 Å². The second kappa shape index (κ2) is 4.72. The van der Waals surface area contributed by atoms with Gasteiger partial charge in [0.2, 0.25) is 0 Å². The van der Waals surface area contributed by atoms with E-state index in [9.17, 15) is 0 Å². The molecular formula is C16H21N3. The van der Waals surface area contributed by atoms with Crippen LogP contribution in [-0.2, 0) is 13.5 Å². The minimum atomic E-state index is 0.449. The molecule has 1 aliphatic heterocycles. The van der Waals surface area contributed by atoms with Crippen molar-refractivity contribution < 1.29 is 0 Å². The molecule has 0 saturated heterocycles. The van der Waals surface area contributed by atoms with Crippen molar-refractivity contribution in [2.75, 3.05) is 11.9 Å². The average molecular weight is 255 g/mol. The van der Waals surface area contributed by atoms with Crippen molar-refractivity contribution in [3.63, 3.8) is 0 Å². The topological polar surface area (TPSA) is 29.9 Å². The molecule has 1 aliphatic rings. The molecule has 1 N–H and O–H groups in total. The molecule has 0 bridgehead atoms. The van der Waals surface area contributed by atoms with Crippen LogP contribution in [0.3, 0.4) is 0 Å². The van der Waals surface area contributed by atoms with Gasteiger partial charge in [0.1, 0.15) is 0 Å². The Morgan fingerprint density at radius 1 is 1.32 bits per heavy atom. The minimum Gasteiger partial charge on any atom is -0.385 e. The highest BCUT2D eigenvalue weighted by Crippen LogP contribution is 2.32. The summed E-state index contributed by atoms with van der Waals surface area (Å²) in [4.78, 5) is 0. The first-order valence-electron chi connectivity index (χ1n) is 7.06. The Morgan fingerprint density at radius 3 is 2.95 bits per heavy atom. The summed E-state index contributed by atoms with van der Waals surface area (Å²) in [5.74, 6) is 0.449. The average Bonchev–Trinajstić information content (AvgIpc) is 2.80. The van der Waals surface area contributed by atoms with Crippen molar-refractivity contribution in [1.29, 1.82) is 0 Å². The molecule has 2 heterocycles. The molecule has 0 spiro atoms. The summed E-state index contributed by atoms with van der Waals surface area (Å²) < 4.78 is 1.92. The molecule has 0 saturated carbocycles. The summed E-state index contributed by atoms with van der Waals surface area (Å²) in [6, 6.07) is 6.74. The number of fused-ring (bicyclic) bond motifs is 1. The maximum absolute atomic E-state index is 4.60. The number of nitrogens with one attached hydrogen (secondary N) is 1. The highest BCUT2D eigenvalue weighted by molar-refractivity contribution is 5.70. The van der Waals surface area contributed by atoms with Gasteiger partial charge in [0.25, 0.3) is 0 Å². The molecule has 1 aromatic heterocycles. The highest BCUT2D eigenvalue weighted by Gasteiger charge is 2.15. The second-order valence-electron chi connectivity index (χ2n) is 5.66. The number of aryl methyl sites for hydroxylation is 2. The Balaban J connectivity index is 2.07. The number of benzene rings is 1. The number of hydrogen-bond acceptors (Lipinski definition) is 2. The molecule has 3 heteroatoms. The Labute approximate surface area is 114 Å². The fraction of sp³-hybridized carbons (Fsp3) is 0.438. The van der Waals surface area contributed by atoms with Crippen molar-refractivity contribution in [3.8, 4) is 11.1 Å². The van der Waals surface area contributed by atoms with Gasteiger partial charge in [-0.05, 0) is 42.0 Å². The van der Waals surface area contributed by atoms with Gasteiger partial charge < -0.3 is 5.32 Å². The minimum absolute atomic E-state index is 0.449. The van der Waals surface area contributed by atoms with Crippen LogP contribution in [0.2, 0.25) is 0 Å². The molecule has 0 aliphatic carbocycles. The highest BCUT2D eigenvalue weighted by atomic mass is 15.3. The number of hydrogen-bond donors (Lipinski definition) is 1. The van der Waals surface area contributed by atoms with Gasteiger partial charge in [0.15, 0.2) is 0 Å². The first-order chi connectivity index (χ1) is 9.15. The standard InChI is InChI=1S/C16H21N3/c1-11(2)16-14(10-19(3)18-16)12-6-7-15-13(9-12)5-4-8-17-15/h6-7,9-11,17H,4-5,8H2,1-3H3. The third-order valence-corrected chi connectivity index (χ3v) is 3.76. The zero-order valence-corrected chi connectivity index (χ0v) is 11.9. The summed E-state index contributed by atoms with van der Waals surface area (Å²) in [6.45, 7) is 5.49. The molecule has 100 valence electrons. The molecule has 0 radical (unpaired) electrons. The molecule has 0 fully saturated rings. The second-order valence-corrected chi connectivity index (χ2v) is 5.66.